The molecule has 5 aliphatic carbocycles. The van der Waals surface area contributed by atoms with Crippen LogP contribution >= 0.6 is 0 Å². The van der Waals surface area contributed by atoms with Crippen molar-refractivity contribution in [1.82, 2.24) is 0 Å². The lowest BCUT2D eigenvalue weighted by Gasteiger charge is -2.71. The van der Waals surface area contributed by atoms with Crippen LogP contribution in [0.1, 0.15) is 120 Å². The number of rotatable bonds is 2. The molecular formula is C32H50O4. The maximum absolute atomic E-state index is 12.8. The van der Waals surface area contributed by atoms with Crippen molar-refractivity contribution in [3.63, 3.8) is 0 Å². The molecule has 0 heterocycles. The molecule has 4 nitrogen and oxygen atoms in total. The molecule has 0 radical (unpaired) electrons. The van der Waals surface area contributed by atoms with Gasteiger partial charge in [-0.25, -0.2) is 0 Å². The van der Waals surface area contributed by atoms with Crippen LogP contribution < -0.4 is 0 Å². The molecule has 1 N–H and O–H groups in total. The molecule has 36 heavy (non-hydrogen) atoms. The Bertz CT molecular complexity index is 992. The summed E-state index contributed by atoms with van der Waals surface area (Å²) in [5, 5.41) is 10.6. The topological polar surface area (TPSA) is 63.6 Å². The number of esters is 1. The predicted octanol–water partition coefficient (Wildman–Crippen LogP) is 7.80. The minimum Gasteiger partial charge on any atom is -0.481 e. The average molecular weight is 499 g/mol. The zero-order chi connectivity index (χ0) is 26.5. The molecule has 4 fully saturated rings. The van der Waals surface area contributed by atoms with Gasteiger partial charge >= 0.3 is 11.9 Å². The minimum atomic E-state index is -0.585. The average Bonchev–Trinajstić information content (AvgIpc) is 2.72. The molecular weight excluding hydrogens is 448 g/mol. The summed E-state index contributed by atoms with van der Waals surface area (Å²) in [6, 6.07) is 0. The van der Waals surface area contributed by atoms with Crippen LogP contribution in [0.25, 0.3) is 0 Å². The van der Waals surface area contributed by atoms with Gasteiger partial charge in [-0.2, -0.15) is 0 Å². The lowest BCUT2D eigenvalue weighted by Crippen LogP contribution is -2.64. The van der Waals surface area contributed by atoms with Gasteiger partial charge in [-0.3, -0.25) is 9.59 Å². The molecule has 0 aliphatic heterocycles. The molecule has 4 saturated carbocycles. The molecule has 0 aromatic heterocycles. The molecule has 202 valence electrons. The van der Waals surface area contributed by atoms with Crippen LogP contribution in [0.15, 0.2) is 11.6 Å². The van der Waals surface area contributed by atoms with Crippen molar-refractivity contribution in [3.05, 3.63) is 11.6 Å². The number of hydrogen-bond acceptors (Lipinski definition) is 3. The summed E-state index contributed by atoms with van der Waals surface area (Å²) in [6.07, 6.45) is 12.5. The van der Waals surface area contributed by atoms with Gasteiger partial charge in [0.15, 0.2) is 0 Å². The second-order valence-electron chi connectivity index (χ2n) is 15.8. The molecule has 0 aromatic rings. The van der Waals surface area contributed by atoms with Gasteiger partial charge < -0.3 is 9.84 Å². The highest BCUT2D eigenvalue weighted by Gasteiger charge is 2.69. The SMILES string of the molecule is CC(=O)O[C@@H]1CC(C)(C)[C@@H]2CC[C@]3(C)[C@H](CC=C4[C@@H]5CC(C)(C)CC[C@]5(C(=O)O)CC[C@]43C)[C@@]2(C)C1. The maximum Gasteiger partial charge on any atom is 0.310 e. The van der Waals surface area contributed by atoms with E-state index in [0.717, 1.165) is 51.4 Å². The van der Waals surface area contributed by atoms with Gasteiger partial charge in [-0.05, 0) is 109 Å². The van der Waals surface area contributed by atoms with Crippen molar-refractivity contribution in [2.75, 3.05) is 0 Å². The number of ether oxygens (including phenoxy) is 1. The van der Waals surface area contributed by atoms with Crippen LogP contribution in [0.4, 0.5) is 0 Å². The maximum atomic E-state index is 12.8. The number of carbonyl (C=O) groups is 2. The third-order valence-corrected chi connectivity index (χ3v) is 13.0. The summed E-state index contributed by atoms with van der Waals surface area (Å²) in [5.74, 6) is 0.559. The summed E-state index contributed by atoms with van der Waals surface area (Å²) >= 11 is 0. The van der Waals surface area contributed by atoms with Gasteiger partial charge in [0.1, 0.15) is 6.10 Å². The summed E-state index contributed by atoms with van der Waals surface area (Å²) in [5.41, 5.74) is 1.48. The van der Waals surface area contributed by atoms with Gasteiger partial charge in [0, 0.05) is 6.92 Å². The van der Waals surface area contributed by atoms with Crippen LogP contribution in [0, 0.1) is 50.2 Å². The smallest absolute Gasteiger partial charge is 0.310 e. The fraction of sp³-hybridized carbons (Fsp3) is 0.875. The fourth-order valence-electron chi connectivity index (χ4n) is 11.2. The molecule has 5 aliphatic rings. The van der Waals surface area contributed by atoms with E-state index in [1.165, 1.54) is 18.4 Å². The Kier molecular flexibility index (Phi) is 5.74. The summed E-state index contributed by atoms with van der Waals surface area (Å²) in [7, 11) is 0. The molecule has 0 aromatic carbocycles. The molecule has 8 atom stereocenters. The standard InChI is InChI=1S/C32H50O4/c1-20(33)36-21-17-28(4,5)24-11-12-31(8)25(29(24,6)18-21)10-9-22-23-19-27(2,3)13-15-32(23,26(34)35)16-14-30(22,31)7/h9,21,23-25H,10-19H2,1-8H3,(H,34,35)/t21-,23+,24+,25-,29+,30-,31-,32+/m1/s1. The predicted molar refractivity (Wildman–Crippen MR) is 142 cm³/mol. The van der Waals surface area contributed by atoms with E-state index < -0.39 is 11.4 Å². The van der Waals surface area contributed by atoms with E-state index in [1.54, 1.807) is 6.92 Å². The molecule has 0 amide bonds. The van der Waals surface area contributed by atoms with Gasteiger partial charge in [0.05, 0.1) is 5.41 Å². The molecule has 4 heteroatoms. The first-order chi connectivity index (χ1) is 16.5. The van der Waals surface area contributed by atoms with Crippen molar-refractivity contribution in [3.8, 4) is 0 Å². The fourth-order valence-corrected chi connectivity index (χ4v) is 11.2. The Hall–Kier alpha value is -1.32. The monoisotopic (exact) mass is 498 g/mol. The second-order valence-corrected chi connectivity index (χ2v) is 15.8. The van der Waals surface area contributed by atoms with Crippen LogP contribution in [0.2, 0.25) is 0 Å². The lowest BCUT2D eigenvalue weighted by molar-refractivity contribution is -0.206. The van der Waals surface area contributed by atoms with Gasteiger partial charge in [-0.1, -0.05) is 60.1 Å². The van der Waals surface area contributed by atoms with E-state index in [-0.39, 0.29) is 45.1 Å². The molecule has 5 rings (SSSR count). The Morgan fingerprint density at radius 2 is 1.56 bits per heavy atom. The first-order valence-electron chi connectivity index (χ1n) is 14.6. The number of carbonyl (C=O) groups excluding carboxylic acids is 1. The van der Waals surface area contributed by atoms with Crippen LogP contribution in [0.5, 0.6) is 0 Å². The van der Waals surface area contributed by atoms with Crippen LogP contribution in [0.3, 0.4) is 0 Å². The van der Waals surface area contributed by atoms with E-state index in [1.807, 2.05) is 0 Å². The Balaban J connectivity index is 1.58. The minimum absolute atomic E-state index is 0.00978. The quantitative estimate of drug-likeness (QED) is 0.311. The highest BCUT2D eigenvalue weighted by Crippen LogP contribution is 2.75. The van der Waals surface area contributed by atoms with Crippen molar-refractivity contribution in [2.45, 2.75) is 126 Å². The summed E-state index contributed by atoms with van der Waals surface area (Å²) < 4.78 is 5.90. The zero-order valence-corrected chi connectivity index (χ0v) is 24.1. The third kappa shape index (κ3) is 3.44. The van der Waals surface area contributed by atoms with E-state index in [0.29, 0.717) is 11.8 Å². The normalized spacial score (nSPS) is 48.8. The van der Waals surface area contributed by atoms with E-state index in [9.17, 15) is 14.7 Å². The third-order valence-electron chi connectivity index (χ3n) is 13.0. The number of hydrogen-bond donors (Lipinski definition) is 1. The number of carboxylic acid groups (broad SMARTS) is 1. The number of fused-ring (bicyclic) bond motifs is 7. The highest BCUT2D eigenvalue weighted by molar-refractivity contribution is 5.76. The molecule has 0 bridgehead atoms. The van der Waals surface area contributed by atoms with Crippen molar-refractivity contribution >= 4 is 11.9 Å². The zero-order valence-electron chi connectivity index (χ0n) is 24.1. The molecule has 0 saturated heterocycles. The van der Waals surface area contributed by atoms with Gasteiger partial charge in [-0.15, -0.1) is 0 Å². The van der Waals surface area contributed by atoms with Crippen LogP contribution in [-0.2, 0) is 14.3 Å². The van der Waals surface area contributed by atoms with E-state index >= 15 is 0 Å². The number of aliphatic carboxylic acids is 1. The van der Waals surface area contributed by atoms with E-state index in [2.05, 4.69) is 54.5 Å². The van der Waals surface area contributed by atoms with E-state index in [4.69, 9.17) is 4.74 Å². The van der Waals surface area contributed by atoms with Gasteiger partial charge in [0.25, 0.3) is 0 Å². The molecule has 0 unspecified atom stereocenters. The lowest BCUT2D eigenvalue weighted by atomic mass is 9.33. The number of allylic oxidation sites excluding steroid dienone is 2. The Morgan fingerprint density at radius 1 is 0.889 bits per heavy atom. The summed E-state index contributed by atoms with van der Waals surface area (Å²) in [6.45, 7) is 18.6. The Labute approximate surface area is 219 Å². The first kappa shape index (κ1) is 26.3. The van der Waals surface area contributed by atoms with Crippen LogP contribution in [-0.4, -0.2) is 23.1 Å². The van der Waals surface area contributed by atoms with Crippen molar-refractivity contribution in [2.24, 2.45) is 50.2 Å². The van der Waals surface area contributed by atoms with Crippen molar-refractivity contribution in [1.29, 1.82) is 0 Å². The first-order valence-corrected chi connectivity index (χ1v) is 14.6. The largest absolute Gasteiger partial charge is 0.481 e. The van der Waals surface area contributed by atoms with Crippen molar-refractivity contribution < 1.29 is 19.4 Å². The second kappa shape index (κ2) is 7.85. The number of carboxylic acids is 1. The Morgan fingerprint density at radius 3 is 2.19 bits per heavy atom. The molecule has 0 spiro atoms. The summed E-state index contributed by atoms with van der Waals surface area (Å²) in [4.78, 5) is 24.8. The highest BCUT2D eigenvalue weighted by atomic mass is 16.5. The van der Waals surface area contributed by atoms with Gasteiger partial charge in [0.2, 0.25) is 0 Å².